The molecule has 0 fully saturated rings. The number of fused-ring (bicyclic) bond motifs is 3. The minimum Gasteiger partial charge on any atom is -1.00 e. The molecular weight excluding hydrogens is 414 g/mol. The Morgan fingerprint density at radius 1 is 1.04 bits per heavy atom. The summed E-state index contributed by atoms with van der Waals surface area (Å²) in [5.74, 6) is 0.410. The quantitative estimate of drug-likeness (QED) is 0.519. The Hall–Kier alpha value is -0.747. The summed E-state index contributed by atoms with van der Waals surface area (Å²) in [4.78, 5) is 0. The van der Waals surface area contributed by atoms with E-state index in [1.165, 1.54) is 31.0 Å². The van der Waals surface area contributed by atoms with Crippen molar-refractivity contribution in [3.63, 3.8) is 0 Å². The van der Waals surface area contributed by atoms with E-state index in [1.807, 2.05) is 6.07 Å². The molecule has 1 unspecified atom stereocenters. The van der Waals surface area contributed by atoms with Gasteiger partial charge in [-0.1, -0.05) is 53.6 Å². The van der Waals surface area contributed by atoms with Crippen LogP contribution in [0, 0.1) is 6.07 Å². The fourth-order valence-corrected chi connectivity index (χ4v) is 3.14. The van der Waals surface area contributed by atoms with Crippen LogP contribution in [0.2, 0.25) is 0 Å². The summed E-state index contributed by atoms with van der Waals surface area (Å²) in [6, 6.07) is 18.5. The molecule has 2 aliphatic rings. The topological polar surface area (TPSA) is 0 Å². The number of hydrogen-bond donors (Lipinski definition) is 0. The van der Waals surface area contributed by atoms with Crippen molar-refractivity contribution < 1.29 is 49.0 Å². The first-order chi connectivity index (χ1) is 10.7. The van der Waals surface area contributed by atoms with Gasteiger partial charge in [-0.25, -0.2) is 0 Å². The summed E-state index contributed by atoms with van der Waals surface area (Å²) in [5.41, 5.74) is 7.00. The van der Waals surface area contributed by atoms with Gasteiger partial charge in [-0.15, -0.1) is 11.1 Å². The fraction of sp³-hybridized carbons (Fsp3) is 0.190. The molecule has 0 nitrogen and oxygen atoms in total. The Labute approximate surface area is 172 Å². The van der Waals surface area contributed by atoms with Gasteiger partial charge in [0.25, 0.3) is 0 Å². The van der Waals surface area contributed by atoms with Crippen LogP contribution < -0.4 is 24.8 Å². The molecule has 0 aliphatic heterocycles. The van der Waals surface area contributed by atoms with Gasteiger partial charge in [-0.3, -0.25) is 0 Å². The van der Waals surface area contributed by atoms with Crippen LogP contribution in [0.1, 0.15) is 37.3 Å². The smallest absolute Gasteiger partial charge is 0.00806 e. The molecule has 0 spiro atoms. The van der Waals surface area contributed by atoms with Crippen LogP contribution in [0.25, 0.3) is 11.1 Å². The second-order valence-electron chi connectivity index (χ2n) is 5.89. The Balaban J connectivity index is 0.000000438. The van der Waals surface area contributed by atoms with Gasteiger partial charge in [0.05, 0.1) is 0 Å². The molecule has 0 saturated carbocycles. The third-order valence-electron chi connectivity index (χ3n) is 3.91. The zero-order chi connectivity index (χ0) is 15.5. The van der Waals surface area contributed by atoms with E-state index in [-0.39, 0.29) is 24.8 Å². The van der Waals surface area contributed by atoms with Gasteiger partial charge in [0.2, 0.25) is 0 Å². The predicted molar refractivity (Wildman–Crippen MR) is 90.8 cm³/mol. The SMILES string of the molecule is C[C](C)=[Zr+2].[Cl-].[Cl-].[c-]1cccc2c1C(C1=CC=CC1)c1ccccc1-2. The summed E-state index contributed by atoms with van der Waals surface area (Å²) < 4.78 is 1.51. The van der Waals surface area contributed by atoms with E-state index in [9.17, 15) is 0 Å². The van der Waals surface area contributed by atoms with E-state index in [4.69, 9.17) is 0 Å². The second-order valence-corrected chi connectivity index (χ2v) is 8.35. The van der Waals surface area contributed by atoms with Crippen LogP contribution in [0.5, 0.6) is 0 Å². The summed E-state index contributed by atoms with van der Waals surface area (Å²) in [6.07, 6.45) is 7.73. The summed E-state index contributed by atoms with van der Waals surface area (Å²) in [5, 5.41) is 0. The van der Waals surface area contributed by atoms with Crippen molar-refractivity contribution in [2.24, 2.45) is 0 Å². The van der Waals surface area contributed by atoms with Gasteiger partial charge in [0.1, 0.15) is 0 Å². The van der Waals surface area contributed by atoms with Crippen molar-refractivity contribution in [1.82, 2.24) is 0 Å². The van der Waals surface area contributed by atoms with E-state index in [1.54, 1.807) is 24.2 Å². The number of hydrogen-bond acceptors (Lipinski definition) is 0. The standard InChI is InChI=1S/C18H13.C3H6.2ClH.Zr/c1-2-8-13(7-1)18-16-11-5-3-9-14(16)15-10-4-6-12-17(15)18;1-3-2;;;/h1-7,9-11,18H,8H2;1-2H3;2*1H;/q-1;;;;+2/p-2. The third-order valence-corrected chi connectivity index (χ3v) is 3.91. The van der Waals surface area contributed by atoms with Gasteiger partial charge in [-0.2, -0.15) is 24.3 Å². The molecule has 0 saturated heterocycles. The molecule has 0 radical (unpaired) electrons. The summed E-state index contributed by atoms with van der Waals surface area (Å²) in [6.45, 7) is 4.25. The molecule has 24 heavy (non-hydrogen) atoms. The number of rotatable bonds is 1. The first-order valence-electron chi connectivity index (χ1n) is 7.65. The number of benzene rings is 2. The third kappa shape index (κ3) is 4.45. The van der Waals surface area contributed by atoms with E-state index >= 15 is 0 Å². The molecule has 2 aromatic carbocycles. The van der Waals surface area contributed by atoms with Crippen molar-refractivity contribution in [2.45, 2.75) is 26.2 Å². The van der Waals surface area contributed by atoms with Crippen LogP contribution in [-0.4, -0.2) is 3.21 Å². The molecule has 0 bridgehead atoms. The fourth-order valence-electron chi connectivity index (χ4n) is 3.14. The number of halogens is 2. The molecular formula is C21H19Cl2Zr-. The first-order valence-corrected chi connectivity index (χ1v) is 8.88. The minimum atomic E-state index is 0. The number of allylic oxidation sites excluding steroid dienone is 4. The van der Waals surface area contributed by atoms with Crippen molar-refractivity contribution in [1.29, 1.82) is 0 Å². The molecule has 122 valence electrons. The average molecular weight is 434 g/mol. The normalized spacial score (nSPS) is 15.8. The monoisotopic (exact) mass is 431 g/mol. The van der Waals surface area contributed by atoms with Gasteiger partial charge in [-0.05, 0) is 12.0 Å². The van der Waals surface area contributed by atoms with Crippen LogP contribution >= 0.6 is 0 Å². The van der Waals surface area contributed by atoms with Crippen LogP contribution in [0.3, 0.4) is 0 Å². The molecule has 0 heterocycles. The van der Waals surface area contributed by atoms with E-state index in [2.05, 4.69) is 74.5 Å². The van der Waals surface area contributed by atoms with Gasteiger partial charge >= 0.3 is 41.3 Å². The first kappa shape index (κ1) is 21.3. The predicted octanol–water partition coefficient (Wildman–Crippen LogP) is -0.761. The van der Waals surface area contributed by atoms with E-state index < -0.39 is 0 Å². The molecule has 0 N–H and O–H groups in total. The molecule has 0 amide bonds. The Kier molecular flexibility index (Phi) is 8.57. The molecule has 2 aliphatic carbocycles. The van der Waals surface area contributed by atoms with Crippen molar-refractivity contribution in [3.05, 3.63) is 83.5 Å². The van der Waals surface area contributed by atoms with Crippen molar-refractivity contribution in [2.75, 3.05) is 0 Å². The van der Waals surface area contributed by atoms with Crippen molar-refractivity contribution in [3.8, 4) is 11.1 Å². The van der Waals surface area contributed by atoms with Crippen LogP contribution in [-0.2, 0) is 24.2 Å². The van der Waals surface area contributed by atoms with Crippen LogP contribution in [0.15, 0.2) is 66.3 Å². The molecule has 1 atom stereocenters. The Morgan fingerprint density at radius 3 is 2.38 bits per heavy atom. The second kappa shape index (κ2) is 9.66. The Morgan fingerprint density at radius 2 is 1.71 bits per heavy atom. The molecule has 3 heteroatoms. The van der Waals surface area contributed by atoms with Gasteiger partial charge < -0.3 is 24.8 Å². The minimum absolute atomic E-state index is 0. The molecule has 0 aromatic heterocycles. The van der Waals surface area contributed by atoms with E-state index in [0.29, 0.717) is 5.92 Å². The zero-order valence-corrected chi connectivity index (χ0v) is 17.8. The summed E-state index contributed by atoms with van der Waals surface area (Å²) in [7, 11) is 0. The van der Waals surface area contributed by atoms with Gasteiger partial charge in [0.15, 0.2) is 0 Å². The maximum absolute atomic E-state index is 3.45. The Bertz CT molecular complexity index is 725. The average Bonchev–Trinajstić information content (AvgIpc) is 3.11. The van der Waals surface area contributed by atoms with Crippen LogP contribution in [0.4, 0.5) is 0 Å². The zero-order valence-electron chi connectivity index (χ0n) is 13.8. The van der Waals surface area contributed by atoms with Crippen molar-refractivity contribution >= 4 is 3.21 Å². The maximum atomic E-state index is 3.45. The molecule has 2 aromatic rings. The molecule has 4 rings (SSSR count). The van der Waals surface area contributed by atoms with Gasteiger partial charge in [0, 0.05) is 5.92 Å². The summed E-state index contributed by atoms with van der Waals surface area (Å²) >= 11 is 1.55. The van der Waals surface area contributed by atoms with E-state index in [0.717, 1.165) is 6.42 Å². The largest absolute Gasteiger partial charge is 1.00 e. The maximum Gasteiger partial charge on any atom is 0.00806 e.